The van der Waals surface area contributed by atoms with E-state index in [1.54, 1.807) is 0 Å². The lowest BCUT2D eigenvalue weighted by atomic mass is 10.1. The van der Waals surface area contributed by atoms with Crippen molar-refractivity contribution in [2.75, 3.05) is 47.4 Å². The van der Waals surface area contributed by atoms with Crippen molar-refractivity contribution in [2.24, 2.45) is 20.5 Å². The molecule has 0 aliphatic carbocycles. The van der Waals surface area contributed by atoms with E-state index >= 15 is 0 Å². The van der Waals surface area contributed by atoms with Crippen molar-refractivity contribution in [3.05, 3.63) is 146 Å². The minimum Gasteiger partial charge on any atom is -0.399 e. The molecule has 312 valence electrons. The molecule has 6 rings (SSSR count). The van der Waals surface area contributed by atoms with Gasteiger partial charge in [0.25, 0.3) is 0 Å². The van der Waals surface area contributed by atoms with Gasteiger partial charge in [0.2, 0.25) is 0 Å². The number of benzene rings is 6. The third-order valence-electron chi connectivity index (χ3n) is 10.3. The van der Waals surface area contributed by atoms with Gasteiger partial charge in [-0.15, -0.1) is 0 Å². The standard InChI is InChI=1S/C40H52N6.C12H12N2/c1-5-9-29-45(30-10-6-2)39-25-21-37(22-26-39)43-41-35-17-13-33(14-18-35)34-15-19-36(20-16-34)42-44-38-23-27-40(28-24-38)46(31-11-7-3)32-12-8-4;13-11-5-1-9(2-6-11)10-3-7-12(14)8-4-10/h13-28H,5-12,29-32H2,1-4H3;1-8H,13-14H2. The maximum atomic E-state index is 5.61. The van der Waals surface area contributed by atoms with E-state index in [4.69, 9.17) is 11.5 Å². The van der Waals surface area contributed by atoms with Crippen LogP contribution in [0.1, 0.15) is 79.1 Å². The molecule has 6 aromatic carbocycles. The molecule has 0 saturated carbocycles. The van der Waals surface area contributed by atoms with Crippen molar-refractivity contribution >= 4 is 45.5 Å². The first-order valence-corrected chi connectivity index (χ1v) is 21.8. The van der Waals surface area contributed by atoms with Crippen molar-refractivity contribution in [1.82, 2.24) is 0 Å². The number of hydrogen-bond acceptors (Lipinski definition) is 8. The lowest BCUT2D eigenvalue weighted by Crippen LogP contribution is -2.25. The van der Waals surface area contributed by atoms with Gasteiger partial charge in [0.1, 0.15) is 0 Å². The summed E-state index contributed by atoms with van der Waals surface area (Å²) in [5.41, 5.74) is 23.2. The number of nitrogen functional groups attached to an aromatic ring is 2. The highest BCUT2D eigenvalue weighted by Crippen LogP contribution is 2.29. The molecule has 0 atom stereocenters. The molecule has 0 spiro atoms. The van der Waals surface area contributed by atoms with Crippen molar-refractivity contribution in [3.63, 3.8) is 0 Å². The first-order chi connectivity index (χ1) is 29.4. The minimum absolute atomic E-state index is 0.782. The maximum absolute atomic E-state index is 5.61. The number of rotatable bonds is 20. The van der Waals surface area contributed by atoms with Crippen LogP contribution in [-0.2, 0) is 0 Å². The normalized spacial score (nSPS) is 11.1. The summed E-state index contributed by atoms with van der Waals surface area (Å²) in [7, 11) is 0. The van der Waals surface area contributed by atoms with Crippen molar-refractivity contribution in [2.45, 2.75) is 79.1 Å². The zero-order valence-electron chi connectivity index (χ0n) is 36.2. The smallest absolute Gasteiger partial charge is 0.0858 e. The van der Waals surface area contributed by atoms with Gasteiger partial charge in [0.15, 0.2) is 0 Å². The lowest BCUT2D eigenvalue weighted by Gasteiger charge is -2.24. The van der Waals surface area contributed by atoms with Gasteiger partial charge in [-0.05, 0) is 145 Å². The number of hydrogen-bond donors (Lipinski definition) is 2. The van der Waals surface area contributed by atoms with Gasteiger partial charge in [-0.1, -0.05) is 102 Å². The summed E-state index contributed by atoms with van der Waals surface area (Å²) in [6.45, 7) is 13.4. The largest absolute Gasteiger partial charge is 0.399 e. The number of nitrogens with zero attached hydrogens (tertiary/aromatic N) is 6. The Labute approximate surface area is 359 Å². The predicted molar refractivity (Wildman–Crippen MR) is 258 cm³/mol. The number of azo groups is 2. The molecule has 0 aromatic heterocycles. The summed E-state index contributed by atoms with van der Waals surface area (Å²) in [5, 5.41) is 17.9. The average Bonchev–Trinajstić information content (AvgIpc) is 3.29. The van der Waals surface area contributed by atoms with Crippen LogP contribution in [0.25, 0.3) is 22.3 Å². The molecule has 60 heavy (non-hydrogen) atoms. The Hall–Kier alpha value is -6.28. The second kappa shape index (κ2) is 24.6. The molecule has 0 heterocycles. The first-order valence-electron chi connectivity index (χ1n) is 21.8. The number of anilines is 4. The van der Waals surface area contributed by atoms with Crippen LogP contribution >= 0.6 is 0 Å². The molecule has 8 nitrogen and oxygen atoms in total. The fourth-order valence-corrected chi connectivity index (χ4v) is 6.62. The summed E-state index contributed by atoms with van der Waals surface area (Å²) in [6.07, 6.45) is 9.67. The highest BCUT2D eigenvalue weighted by molar-refractivity contribution is 5.68. The average molecular weight is 801 g/mol. The van der Waals surface area contributed by atoms with E-state index in [2.05, 4.69) is 131 Å². The lowest BCUT2D eigenvalue weighted by molar-refractivity contribution is 0.678. The Kier molecular flexibility index (Phi) is 18.4. The molecule has 0 aliphatic rings. The van der Waals surface area contributed by atoms with Crippen molar-refractivity contribution in [1.29, 1.82) is 0 Å². The van der Waals surface area contributed by atoms with Crippen LogP contribution in [0, 0.1) is 0 Å². The van der Waals surface area contributed by atoms with Crippen LogP contribution in [0.2, 0.25) is 0 Å². The maximum Gasteiger partial charge on any atom is 0.0858 e. The molecule has 6 aromatic rings. The van der Waals surface area contributed by atoms with Crippen molar-refractivity contribution < 1.29 is 0 Å². The molecule has 0 fully saturated rings. The highest BCUT2D eigenvalue weighted by atomic mass is 15.1. The summed E-state index contributed by atoms with van der Waals surface area (Å²) in [4.78, 5) is 4.97. The third kappa shape index (κ3) is 14.5. The topological polar surface area (TPSA) is 108 Å². The predicted octanol–water partition coefficient (Wildman–Crippen LogP) is 15.5. The fraction of sp³-hybridized carbons (Fsp3) is 0.308. The van der Waals surface area contributed by atoms with Gasteiger partial charge in [0.05, 0.1) is 22.7 Å². The zero-order chi connectivity index (χ0) is 42.4. The Morgan fingerprint density at radius 1 is 0.317 bits per heavy atom. The first kappa shape index (κ1) is 44.8. The number of unbranched alkanes of at least 4 members (excludes halogenated alkanes) is 4. The van der Waals surface area contributed by atoms with Crippen LogP contribution in [0.15, 0.2) is 166 Å². The summed E-state index contributed by atoms with van der Waals surface area (Å²) in [5.74, 6) is 0. The number of nitrogens with two attached hydrogens (primary N) is 2. The molecule has 0 unspecified atom stereocenters. The quantitative estimate of drug-likeness (QED) is 0.0592. The van der Waals surface area contributed by atoms with Gasteiger partial charge in [-0.2, -0.15) is 20.5 Å². The Morgan fingerprint density at radius 2 is 0.533 bits per heavy atom. The molecule has 0 amide bonds. The molecular weight excluding hydrogens is 737 g/mol. The molecule has 8 heteroatoms. The van der Waals surface area contributed by atoms with Crippen LogP contribution in [-0.4, -0.2) is 26.2 Å². The van der Waals surface area contributed by atoms with E-state index in [0.29, 0.717) is 0 Å². The molecule has 0 bridgehead atoms. The van der Waals surface area contributed by atoms with E-state index in [0.717, 1.165) is 82.6 Å². The fourth-order valence-electron chi connectivity index (χ4n) is 6.62. The van der Waals surface area contributed by atoms with Gasteiger partial charge >= 0.3 is 0 Å². The molecular formula is C52H64N8. The Balaban J connectivity index is 0.000000408. The highest BCUT2D eigenvalue weighted by Gasteiger charge is 2.07. The SMILES string of the molecule is CCCCN(CCCC)c1ccc(N=Nc2ccc(-c3ccc(N=Nc4ccc(N(CCCC)CCCC)cc4)cc3)cc2)cc1.Nc1ccc(-c2ccc(N)cc2)cc1. The van der Waals surface area contributed by atoms with E-state index < -0.39 is 0 Å². The van der Waals surface area contributed by atoms with Gasteiger partial charge in [-0.3, -0.25) is 0 Å². The van der Waals surface area contributed by atoms with E-state index in [1.807, 2.05) is 72.8 Å². The van der Waals surface area contributed by atoms with E-state index in [-0.39, 0.29) is 0 Å². The molecule has 0 aliphatic heterocycles. The molecule has 0 radical (unpaired) electrons. The summed E-state index contributed by atoms with van der Waals surface area (Å²) >= 11 is 0. The van der Waals surface area contributed by atoms with Crippen LogP contribution < -0.4 is 21.3 Å². The van der Waals surface area contributed by atoms with E-state index in [9.17, 15) is 0 Å². The third-order valence-corrected chi connectivity index (χ3v) is 10.3. The van der Waals surface area contributed by atoms with Crippen LogP contribution in [0.3, 0.4) is 0 Å². The second-order valence-corrected chi connectivity index (χ2v) is 15.2. The van der Waals surface area contributed by atoms with E-state index in [1.165, 1.54) is 62.7 Å². The Morgan fingerprint density at radius 3 is 0.767 bits per heavy atom. The Bertz CT molecular complexity index is 1970. The van der Waals surface area contributed by atoms with Gasteiger partial charge in [-0.25, -0.2) is 0 Å². The summed E-state index contributed by atoms with van der Waals surface area (Å²) in [6, 6.07) is 48.8. The second-order valence-electron chi connectivity index (χ2n) is 15.2. The molecule has 0 saturated heterocycles. The zero-order valence-corrected chi connectivity index (χ0v) is 36.2. The van der Waals surface area contributed by atoms with Crippen molar-refractivity contribution in [3.8, 4) is 22.3 Å². The van der Waals surface area contributed by atoms with Gasteiger partial charge in [0, 0.05) is 48.9 Å². The van der Waals surface area contributed by atoms with Crippen LogP contribution in [0.4, 0.5) is 45.5 Å². The summed E-state index contributed by atoms with van der Waals surface area (Å²) < 4.78 is 0. The monoisotopic (exact) mass is 801 g/mol. The van der Waals surface area contributed by atoms with Crippen LogP contribution in [0.5, 0.6) is 0 Å². The minimum atomic E-state index is 0.782. The van der Waals surface area contributed by atoms with Gasteiger partial charge < -0.3 is 21.3 Å². The molecule has 4 N–H and O–H groups in total.